The lowest BCUT2D eigenvalue weighted by atomic mass is 10.3. The van der Waals surface area contributed by atoms with Gasteiger partial charge in [0.05, 0.1) is 5.69 Å². The van der Waals surface area contributed by atoms with Gasteiger partial charge in [-0.15, -0.1) is 0 Å². The summed E-state index contributed by atoms with van der Waals surface area (Å²) in [7, 11) is 1.82. The first-order chi connectivity index (χ1) is 7.18. The lowest BCUT2D eigenvalue weighted by Gasteiger charge is -2.00. The maximum atomic E-state index is 12.1. The van der Waals surface area contributed by atoms with Crippen molar-refractivity contribution < 1.29 is 0 Å². The largest absolute Gasteiger partial charge is 0.286 e. The molecule has 15 heavy (non-hydrogen) atoms. The Hall–Kier alpha value is -1.30. The second-order valence-electron chi connectivity index (χ2n) is 3.61. The summed E-state index contributed by atoms with van der Waals surface area (Å²) in [6.45, 7) is 2.61. The minimum atomic E-state index is 0.0469. The van der Waals surface area contributed by atoms with E-state index in [-0.39, 0.29) is 5.56 Å². The van der Waals surface area contributed by atoms with Crippen molar-refractivity contribution in [3.05, 3.63) is 16.0 Å². The number of aryl methyl sites for hydroxylation is 2. The summed E-state index contributed by atoms with van der Waals surface area (Å²) in [6.07, 6.45) is 0. The van der Waals surface area contributed by atoms with Gasteiger partial charge in [-0.1, -0.05) is 11.8 Å². The zero-order valence-electron chi connectivity index (χ0n) is 8.52. The van der Waals surface area contributed by atoms with Gasteiger partial charge in [-0.05, 0) is 6.92 Å². The summed E-state index contributed by atoms with van der Waals surface area (Å²) in [5.74, 6) is 0.936. The number of hydrogen-bond donors (Lipinski definition) is 0. The molecule has 0 atom stereocenters. The van der Waals surface area contributed by atoms with Gasteiger partial charge in [0.25, 0.3) is 5.56 Å². The molecule has 0 radical (unpaired) electrons. The van der Waals surface area contributed by atoms with Crippen molar-refractivity contribution in [2.45, 2.75) is 18.6 Å². The number of hydrogen-bond acceptors (Lipinski definition) is 4. The number of aromatic nitrogens is 4. The normalized spacial score (nSPS) is 14.8. The zero-order chi connectivity index (χ0) is 10.6. The Morgan fingerprint density at radius 2 is 2.27 bits per heavy atom. The Labute approximate surface area is 90.1 Å². The van der Waals surface area contributed by atoms with Crippen LogP contribution in [-0.2, 0) is 13.6 Å². The molecule has 6 heteroatoms. The molecule has 0 bridgehead atoms. The molecular formula is C9H10N4OS. The van der Waals surface area contributed by atoms with E-state index in [9.17, 15) is 4.79 Å². The van der Waals surface area contributed by atoms with Gasteiger partial charge in [-0.25, -0.2) is 9.67 Å². The minimum absolute atomic E-state index is 0.0469. The Kier molecular flexibility index (Phi) is 1.70. The van der Waals surface area contributed by atoms with E-state index in [0.717, 1.165) is 23.1 Å². The standard InChI is InChI=1S/C9H10N4OS/c1-5-6-7(12(2)11-5)10-9-13(8(6)14)3-4-15-9/h3-4H2,1-2H3. The van der Waals surface area contributed by atoms with Crippen LogP contribution in [0.5, 0.6) is 0 Å². The smallest absolute Gasteiger partial charge is 0.265 e. The van der Waals surface area contributed by atoms with Gasteiger partial charge in [0.1, 0.15) is 5.39 Å². The van der Waals surface area contributed by atoms with Crippen molar-refractivity contribution in [2.24, 2.45) is 7.05 Å². The Morgan fingerprint density at radius 1 is 1.47 bits per heavy atom. The van der Waals surface area contributed by atoms with Crippen molar-refractivity contribution >= 4 is 22.8 Å². The highest BCUT2D eigenvalue weighted by Gasteiger charge is 2.20. The van der Waals surface area contributed by atoms with Gasteiger partial charge in [0.15, 0.2) is 10.8 Å². The van der Waals surface area contributed by atoms with Gasteiger partial charge in [-0.2, -0.15) is 5.10 Å². The van der Waals surface area contributed by atoms with Crippen LogP contribution in [0.2, 0.25) is 0 Å². The molecule has 2 aromatic heterocycles. The Bertz CT molecular complexity index is 613. The van der Waals surface area contributed by atoms with Gasteiger partial charge in [0.2, 0.25) is 0 Å². The highest BCUT2D eigenvalue weighted by atomic mass is 32.2. The van der Waals surface area contributed by atoms with Crippen molar-refractivity contribution in [2.75, 3.05) is 5.75 Å². The van der Waals surface area contributed by atoms with Crippen LogP contribution in [0.4, 0.5) is 0 Å². The van der Waals surface area contributed by atoms with Crippen LogP contribution >= 0.6 is 11.8 Å². The molecule has 2 aromatic rings. The van der Waals surface area contributed by atoms with E-state index >= 15 is 0 Å². The molecule has 78 valence electrons. The molecule has 0 unspecified atom stereocenters. The van der Waals surface area contributed by atoms with E-state index in [1.165, 1.54) is 0 Å². The van der Waals surface area contributed by atoms with E-state index in [1.807, 2.05) is 14.0 Å². The summed E-state index contributed by atoms with van der Waals surface area (Å²) < 4.78 is 3.41. The van der Waals surface area contributed by atoms with Crippen LogP contribution in [-0.4, -0.2) is 25.1 Å². The first kappa shape index (κ1) is 8.96. The van der Waals surface area contributed by atoms with Gasteiger partial charge in [0, 0.05) is 19.3 Å². The molecule has 3 heterocycles. The third kappa shape index (κ3) is 1.08. The van der Waals surface area contributed by atoms with Crippen LogP contribution < -0.4 is 5.56 Å². The predicted molar refractivity (Wildman–Crippen MR) is 58.2 cm³/mol. The average molecular weight is 222 g/mol. The maximum absolute atomic E-state index is 12.1. The molecule has 0 N–H and O–H groups in total. The highest BCUT2D eigenvalue weighted by Crippen LogP contribution is 2.23. The fraction of sp³-hybridized carbons (Fsp3) is 0.444. The Morgan fingerprint density at radius 3 is 3.07 bits per heavy atom. The van der Waals surface area contributed by atoms with Crippen molar-refractivity contribution in [3.63, 3.8) is 0 Å². The highest BCUT2D eigenvalue weighted by molar-refractivity contribution is 7.99. The first-order valence-electron chi connectivity index (χ1n) is 4.75. The van der Waals surface area contributed by atoms with E-state index < -0.39 is 0 Å². The SMILES string of the molecule is Cc1nn(C)c2nc3n(c(=O)c12)CCS3. The predicted octanol–water partition coefficient (Wildman–Crippen LogP) is 0.544. The number of rotatable bonds is 0. The summed E-state index contributed by atoms with van der Waals surface area (Å²) in [5.41, 5.74) is 1.50. The van der Waals surface area contributed by atoms with Gasteiger partial charge < -0.3 is 0 Å². The third-order valence-electron chi connectivity index (χ3n) is 2.63. The topological polar surface area (TPSA) is 52.7 Å². The second-order valence-corrected chi connectivity index (χ2v) is 4.67. The lowest BCUT2D eigenvalue weighted by Crippen LogP contribution is -2.20. The average Bonchev–Trinajstić information content (AvgIpc) is 2.73. The molecule has 0 aliphatic carbocycles. The third-order valence-corrected chi connectivity index (χ3v) is 3.59. The van der Waals surface area contributed by atoms with Crippen LogP contribution in [0.1, 0.15) is 5.69 Å². The summed E-state index contributed by atoms with van der Waals surface area (Å²) in [5, 5.41) is 5.69. The van der Waals surface area contributed by atoms with Crippen LogP contribution in [0, 0.1) is 6.92 Å². The summed E-state index contributed by atoms with van der Waals surface area (Å²) >= 11 is 1.63. The monoisotopic (exact) mass is 222 g/mol. The van der Waals surface area contributed by atoms with Crippen LogP contribution in [0.25, 0.3) is 11.0 Å². The van der Waals surface area contributed by atoms with Crippen LogP contribution in [0.3, 0.4) is 0 Å². The van der Waals surface area contributed by atoms with Crippen LogP contribution in [0.15, 0.2) is 9.95 Å². The zero-order valence-corrected chi connectivity index (χ0v) is 9.34. The van der Waals surface area contributed by atoms with E-state index in [2.05, 4.69) is 10.1 Å². The maximum Gasteiger partial charge on any atom is 0.265 e. The molecule has 5 nitrogen and oxygen atoms in total. The molecule has 1 aliphatic rings. The quantitative estimate of drug-likeness (QED) is 0.611. The van der Waals surface area contributed by atoms with Crippen molar-refractivity contribution in [3.8, 4) is 0 Å². The molecule has 0 fully saturated rings. The van der Waals surface area contributed by atoms with Gasteiger partial charge >= 0.3 is 0 Å². The first-order valence-corrected chi connectivity index (χ1v) is 5.74. The Balaban J connectivity index is 2.54. The molecule has 3 rings (SSSR count). The number of nitrogens with zero attached hydrogens (tertiary/aromatic N) is 4. The molecule has 1 aliphatic heterocycles. The summed E-state index contributed by atoms with van der Waals surface area (Å²) in [4.78, 5) is 16.6. The summed E-state index contributed by atoms with van der Waals surface area (Å²) in [6, 6.07) is 0. The van der Waals surface area contributed by atoms with E-state index in [0.29, 0.717) is 11.0 Å². The molecule has 0 saturated heterocycles. The fourth-order valence-electron chi connectivity index (χ4n) is 1.93. The number of fused-ring (bicyclic) bond motifs is 2. The molecule has 0 saturated carbocycles. The van der Waals surface area contributed by atoms with Gasteiger partial charge in [-0.3, -0.25) is 9.36 Å². The van der Waals surface area contributed by atoms with Crippen molar-refractivity contribution in [1.82, 2.24) is 19.3 Å². The molecular weight excluding hydrogens is 212 g/mol. The molecule has 0 spiro atoms. The lowest BCUT2D eigenvalue weighted by molar-refractivity contribution is 0.662. The van der Waals surface area contributed by atoms with Crippen molar-refractivity contribution in [1.29, 1.82) is 0 Å². The molecule has 0 aromatic carbocycles. The van der Waals surface area contributed by atoms with E-state index in [1.54, 1.807) is 21.0 Å². The fourth-order valence-corrected chi connectivity index (χ4v) is 2.87. The minimum Gasteiger partial charge on any atom is -0.286 e. The number of thioether (sulfide) groups is 1. The molecule has 0 amide bonds. The second kappa shape index (κ2) is 2.85. The van der Waals surface area contributed by atoms with E-state index in [4.69, 9.17) is 0 Å².